The Labute approximate surface area is 234 Å². The monoisotopic (exact) mass is 536 g/mol. The molecule has 1 aliphatic heterocycles. The molecule has 1 fully saturated rings. The van der Waals surface area contributed by atoms with Gasteiger partial charge in [-0.15, -0.1) is 0 Å². The summed E-state index contributed by atoms with van der Waals surface area (Å²) in [5.41, 5.74) is 0.438. The fraction of sp³-hybridized carbons (Fsp3) is 0.594. The fourth-order valence-electron chi connectivity index (χ4n) is 5.18. The van der Waals surface area contributed by atoms with Crippen molar-refractivity contribution < 1.29 is 14.4 Å². The summed E-state index contributed by atoms with van der Waals surface area (Å²) in [7, 11) is 1.71. The maximum Gasteiger partial charge on any atom is 0.245 e. The second-order valence-corrected chi connectivity index (χ2v) is 12.4. The summed E-state index contributed by atoms with van der Waals surface area (Å²) in [6.07, 6.45) is 3.67. The maximum atomic E-state index is 13.8. The van der Waals surface area contributed by atoms with Crippen LogP contribution in [-0.4, -0.2) is 72.8 Å². The molecule has 3 amide bonds. The molecule has 1 heterocycles. The van der Waals surface area contributed by atoms with Crippen LogP contribution in [0.4, 0.5) is 0 Å². The largest absolute Gasteiger partial charge is 0.354 e. The van der Waals surface area contributed by atoms with Crippen LogP contribution in [0.3, 0.4) is 0 Å². The van der Waals surface area contributed by atoms with Crippen molar-refractivity contribution in [2.24, 2.45) is 11.3 Å². The van der Waals surface area contributed by atoms with E-state index in [1.54, 1.807) is 16.8 Å². The quantitative estimate of drug-likeness (QED) is 0.394. The lowest BCUT2D eigenvalue weighted by Gasteiger charge is -2.35. The minimum Gasteiger partial charge on any atom is -0.354 e. The van der Waals surface area contributed by atoms with E-state index in [4.69, 9.17) is 0 Å². The molecule has 0 bridgehead atoms. The molecule has 1 unspecified atom stereocenters. The van der Waals surface area contributed by atoms with Gasteiger partial charge in [0.15, 0.2) is 0 Å². The van der Waals surface area contributed by atoms with E-state index in [1.807, 2.05) is 39.0 Å². The summed E-state index contributed by atoms with van der Waals surface area (Å²) in [5, 5.41) is 8.76. The molecular formula is C32H48N4O3. The molecule has 3 rings (SSSR count). The van der Waals surface area contributed by atoms with Crippen LogP contribution in [0.2, 0.25) is 0 Å². The highest BCUT2D eigenvalue weighted by atomic mass is 16.2. The van der Waals surface area contributed by atoms with Crippen molar-refractivity contribution in [1.82, 2.24) is 20.4 Å². The smallest absolute Gasteiger partial charge is 0.245 e. The molecule has 39 heavy (non-hydrogen) atoms. The summed E-state index contributed by atoms with van der Waals surface area (Å²) >= 11 is 0. The van der Waals surface area contributed by atoms with Gasteiger partial charge in [0.05, 0.1) is 0 Å². The van der Waals surface area contributed by atoms with E-state index < -0.39 is 17.5 Å². The zero-order valence-electron chi connectivity index (χ0n) is 24.8. The first-order chi connectivity index (χ1) is 18.5. The zero-order valence-corrected chi connectivity index (χ0v) is 24.8. The van der Waals surface area contributed by atoms with Crippen LogP contribution in [0, 0.1) is 11.3 Å². The molecule has 0 saturated carbocycles. The summed E-state index contributed by atoms with van der Waals surface area (Å²) < 4.78 is 0. The van der Waals surface area contributed by atoms with Crippen molar-refractivity contribution in [2.45, 2.75) is 78.8 Å². The molecule has 0 aliphatic carbocycles. The van der Waals surface area contributed by atoms with Gasteiger partial charge in [-0.2, -0.15) is 0 Å². The first-order valence-electron chi connectivity index (χ1n) is 14.5. The number of fused-ring (bicyclic) bond motifs is 1. The predicted octanol–water partition coefficient (Wildman–Crippen LogP) is 4.39. The Kier molecular flexibility index (Phi) is 10.9. The second-order valence-electron chi connectivity index (χ2n) is 12.4. The molecular weight excluding hydrogens is 488 g/mol. The van der Waals surface area contributed by atoms with Gasteiger partial charge in [0.1, 0.15) is 12.1 Å². The minimum absolute atomic E-state index is 0.0200. The van der Waals surface area contributed by atoms with Crippen molar-refractivity contribution in [2.75, 3.05) is 33.2 Å². The lowest BCUT2D eigenvalue weighted by atomic mass is 9.94. The SMILES string of the molecule is CC(C)CNCCCCNC(=O)[C@@H](Cc1ccc2ccccc2c1)N(C)C(=O)C1CCCN1C(=O)C(C)(C)C. The van der Waals surface area contributed by atoms with Gasteiger partial charge >= 0.3 is 0 Å². The molecule has 1 saturated heterocycles. The Morgan fingerprint density at radius 3 is 2.41 bits per heavy atom. The van der Waals surface area contributed by atoms with Gasteiger partial charge in [-0.1, -0.05) is 77.1 Å². The minimum atomic E-state index is -0.662. The van der Waals surface area contributed by atoms with E-state index in [2.05, 4.69) is 48.7 Å². The summed E-state index contributed by atoms with van der Waals surface area (Å²) in [6, 6.07) is 13.1. The summed E-state index contributed by atoms with van der Waals surface area (Å²) in [6.45, 7) is 13.1. The first-order valence-corrected chi connectivity index (χ1v) is 14.5. The Morgan fingerprint density at radius 2 is 1.72 bits per heavy atom. The van der Waals surface area contributed by atoms with Gasteiger partial charge in [-0.05, 0) is 61.0 Å². The molecule has 214 valence electrons. The van der Waals surface area contributed by atoms with Crippen molar-refractivity contribution in [1.29, 1.82) is 0 Å². The Hall–Kier alpha value is -2.93. The van der Waals surface area contributed by atoms with E-state index in [0.717, 1.165) is 48.7 Å². The number of rotatable bonds is 12. The average Bonchev–Trinajstić information content (AvgIpc) is 3.38. The molecule has 2 N–H and O–H groups in total. The van der Waals surface area contributed by atoms with E-state index in [-0.39, 0.29) is 17.7 Å². The van der Waals surface area contributed by atoms with Crippen LogP contribution in [0.1, 0.15) is 65.9 Å². The van der Waals surface area contributed by atoms with Crippen molar-refractivity contribution >= 4 is 28.5 Å². The number of amides is 3. The zero-order chi connectivity index (χ0) is 28.6. The summed E-state index contributed by atoms with van der Waals surface area (Å²) in [4.78, 5) is 43.7. The number of hydrogen-bond acceptors (Lipinski definition) is 4. The van der Waals surface area contributed by atoms with Gasteiger partial charge in [0.25, 0.3) is 0 Å². The second kappa shape index (κ2) is 13.9. The standard InChI is InChI=1S/C32H48N4O3/c1-23(2)22-33-17-9-10-18-34-29(37)28(21-24-15-16-25-12-7-8-13-26(25)20-24)35(6)30(38)27-14-11-19-36(27)31(39)32(3,4)5/h7-8,12-13,15-16,20,23,27-28,33H,9-11,14,17-19,21-22H2,1-6H3,(H,34,37)/t27?,28-/m1/s1. The average molecular weight is 537 g/mol. The topological polar surface area (TPSA) is 81.8 Å². The number of carbonyl (C=O) groups excluding carboxylic acids is 3. The van der Waals surface area contributed by atoms with Gasteiger partial charge < -0.3 is 20.4 Å². The van der Waals surface area contributed by atoms with E-state index in [9.17, 15) is 14.4 Å². The van der Waals surface area contributed by atoms with E-state index >= 15 is 0 Å². The van der Waals surface area contributed by atoms with Crippen LogP contribution in [-0.2, 0) is 20.8 Å². The molecule has 0 spiro atoms. The number of likely N-dealkylation sites (tertiary alicyclic amines) is 1. The van der Waals surface area contributed by atoms with Gasteiger partial charge in [0, 0.05) is 32.0 Å². The van der Waals surface area contributed by atoms with E-state index in [1.165, 1.54) is 0 Å². The normalized spacial score (nSPS) is 16.5. The third kappa shape index (κ3) is 8.53. The van der Waals surface area contributed by atoms with Crippen LogP contribution in [0.15, 0.2) is 42.5 Å². The maximum absolute atomic E-state index is 13.8. The van der Waals surface area contributed by atoms with Crippen LogP contribution >= 0.6 is 0 Å². The third-order valence-electron chi connectivity index (χ3n) is 7.43. The Balaban J connectivity index is 1.73. The molecule has 2 atom stereocenters. The highest BCUT2D eigenvalue weighted by molar-refractivity contribution is 5.93. The van der Waals surface area contributed by atoms with Gasteiger partial charge in [-0.25, -0.2) is 0 Å². The molecule has 7 nitrogen and oxygen atoms in total. The van der Waals surface area contributed by atoms with Crippen LogP contribution in [0.25, 0.3) is 10.8 Å². The van der Waals surface area contributed by atoms with Crippen LogP contribution < -0.4 is 10.6 Å². The highest BCUT2D eigenvalue weighted by Crippen LogP contribution is 2.27. The molecule has 1 aliphatic rings. The van der Waals surface area contributed by atoms with Gasteiger partial charge in [0.2, 0.25) is 17.7 Å². The Morgan fingerprint density at radius 1 is 1.03 bits per heavy atom. The lowest BCUT2D eigenvalue weighted by Crippen LogP contribution is -2.55. The molecule has 0 radical (unpaired) electrons. The van der Waals surface area contributed by atoms with E-state index in [0.29, 0.717) is 31.8 Å². The third-order valence-corrected chi connectivity index (χ3v) is 7.43. The number of benzene rings is 2. The number of nitrogens with zero attached hydrogens (tertiary/aromatic N) is 2. The highest BCUT2D eigenvalue weighted by Gasteiger charge is 2.41. The van der Waals surface area contributed by atoms with Crippen molar-refractivity contribution in [3.63, 3.8) is 0 Å². The number of hydrogen-bond donors (Lipinski definition) is 2. The molecule has 7 heteroatoms. The first kappa shape index (κ1) is 30.6. The van der Waals surface area contributed by atoms with Crippen molar-refractivity contribution in [3.05, 3.63) is 48.0 Å². The number of likely N-dealkylation sites (N-methyl/N-ethyl adjacent to an activating group) is 1. The fourth-order valence-corrected chi connectivity index (χ4v) is 5.18. The number of nitrogens with one attached hydrogen (secondary N) is 2. The number of unbranched alkanes of at least 4 members (excludes halogenated alkanes) is 1. The number of carbonyl (C=O) groups is 3. The molecule has 2 aromatic carbocycles. The lowest BCUT2D eigenvalue weighted by molar-refractivity contribution is -0.150. The molecule has 0 aromatic heterocycles. The molecule has 2 aromatic rings. The van der Waals surface area contributed by atoms with Gasteiger partial charge in [-0.3, -0.25) is 14.4 Å². The van der Waals surface area contributed by atoms with Crippen molar-refractivity contribution in [3.8, 4) is 0 Å². The van der Waals surface area contributed by atoms with Crippen LogP contribution in [0.5, 0.6) is 0 Å². The summed E-state index contributed by atoms with van der Waals surface area (Å²) in [5.74, 6) is 0.279. The Bertz CT molecular complexity index is 1120. The predicted molar refractivity (Wildman–Crippen MR) is 158 cm³/mol.